The number of aliphatic hydroxyl groups excluding tert-OH is 2. The predicted molar refractivity (Wildman–Crippen MR) is 203 cm³/mol. The second-order valence-electron chi connectivity index (χ2n) is 16.4. The average Bonchev–Trinajstić information content (AvgIpc) is 3.13. The smallest absolute Gasteiger partial charge is 0.167 e. The molecule has 2 aromatic rings. The number of nitrogens with one attached hydrogen (secondary N) is 2. The van der Waals surface area contributed by atoms with Crippen LogP contribution in [-0.4, -0.2) is 124 Å². The van der Waals surface area contributed by atoms with Gasteiger partial charge in [-0.3, -0.25) is 14.4 Å². The topological polar surface area (TPSA) is 163 Å². The highest BCUT2D eigenvalue weighted by molar-refractivity contribution is 6.00. The zero-order chi connectivity index (χ0) is 37.9. The standard InChI is InChI=1S/C41H62N4O7/c1-40(2,27-46)42-15-5-7-17-44-23-31(37(50)29-11-9-13-35(48)21-29)19-33(25-44)39(52)34-20-32(38(51)30-12-10-14-36(49)22-30)24-45(26-34)18-8-6-16-43-41(3,4)28-47/h9-14,21-22,31-34,42-43,46-49H,5-8,15-20,23-28H2,1-4H3. The number of carbonyl (C=O) groups is 3. The molecular weight excluding hydrogens is 660 g/mol. The molecule has 0 bridgehead atoms. The maximum absolute atomic E-state index is 14.6. The number of phenols is 2. The summed E-state index contributed by atoms with van der Waals surface area (Å²) in [6, 6.07) is 12.8. The summed E-state index contributed by atoms with van der Waals surface area (Å²) in [5.74, 6) is -1.57. The number of benzene rings is 2. The van der Waals surface area contributed by atoms with E-state index >= 15 is 0 Å². The van der Waals surface area contributed by atoms with Crippen LogP contribution in [0.2, 0.25) is 0 Å². The number of Topliss-reactive ketones (excluding diaryl/α,β-unsaturated/α-hetero) is 3. The molecule has 0 amide bonds. The lowest BCUT2D eigenvalue weighted by atomic mass is 9.75. The Morgan fingerprint density at radius 2 is 1.02 bits per heavy atom. The molecule has 11 nitrogen and oxygen atoms in total. The van der Waals surface area contributed by atoms with Crippen LogP contribution in [0.3, 0.4) is 0 Å². The number of hydrogen-bond acceptors (Lipinski definition) is 11. The average molecular weight is 723 g/mol. The Kier molecular flexibility index (Phi) is 15.4. The van der Waals surface area contributed by atoms with Crippen LogP contribution >= 0.6 is 0 Å². The molecule has 0 aromatic heterocycles. The number of phenolic OH excluding ortho intramolecular Hbond substituents is 2. The van der Waals surface area contributed by atoms with Crippen LogP contribution in [0.15, 0.2) is 48.5 Å². The molecule has 11 heteroatoms. The third-order valence-corrected chi connectivity index (χ3v) is 10.7. The number of carbonyl (C=O) groups excluding carboxylic acids is 3. The van der Waals surface area contributed by atoms with E-state index in [1.807, 2.05) is 27.7 Å². The van der Waals surface area contributed by atoms with Crippen LogP contribution in [0.5, 0.6) is 11.5 Å². The van der Waals surface area contributed by atoms with Crippen LogP contribution < -0.4 is 10.6 Å². The van der Waals surface area contributed by atoms with E-state index in [4.69, 9.17) is 0 Å². The van der Waals surface area contributed by atoms with E-state index in [0.29, 0.717) is 50.1 Å². The first-order valence-electron chi connectivity index (χ1n) is 19.1. The minimum absolute atomic E-state index is 0.0297. The van der Waals surface area contributed by atoms with Crippen molar-refractivity contribution < 1.29 is 34.8 Å². The van der Waals surface area contributed by atoms with Crippen molar-refractivity contribution in [1.29, 1.82) is 0 Å². The zero-order valence-corrected chi connectivity index (χ0v) is 31.6. The fourth-order valence-electron chi connectivity index (χ4n) is 7.55. The second-order valence-corrected chi connectivity index (χ2v) is 16.4. The van der Waals surface area contributed by atoms with E-state index < -0.39 is 11.8 Å². The molecule has 4 rings (SSSR count). The summed E-state index contributed by atoms with van der Waals surface area (Å²) in [5.41, 5.74) is 0.156. The predicted octanol–water partition coefficient (Wildman–Crippen LogP) is 3.89. The van der Waals surface area contributed by atoms with Gasteiger partial charge >= 0.3 is 0 Å². The Labute approximate surface area is 309 Å². The number of likely N-dealkylation sites (tertiary alicyclic amines) is 2. The van der Waals surface area contributed by atoms with Gasteiger partial charge in [0.25, 0.3) is 0 Å². The first-order valence-corrected chi connectivity index (χ1v) is 19.1. The largest absolute Gasteiger partial charge is 0.508 e. The molecule has 288 valence electrons. The third-order valence-electron chi connectivity index (χ3n) is 10.7. The summed E-state index contributed by atoms with van der Waals surface area (Å²) in [4.78, 5) is 46.7. The quantitative estimate of drug-likeness (QED) is 0.0869. The van der Waals surface area contributed by atoms with Crippen molar-refractivity contribution in [2.45, 2.75) is 77.3 Å². The number of aromatic hydroxyl groups is 2. The number of piperidine rings is 2. The van der Waals surface area contributed by atoms with Crippen LogP contribution in [0.1, 0.15) is 86.9 Å². The number of nitrogens with zero attached hydrogens (tertiary/aromatic N) is 2. The van der Waals surface area contributed by atoms with Crippen molar-refractivity contribution in [2.75, 3.05) is 65.6 Å². The van der Waals surface area contributed by atoms with Gasteiger partial charge in [0.2, 0.25) is 0 Å². The van der Waals surface area contributed by atoms with Gasteiger partial charge in [-0.1, -0.05) is 24.3 Å². The summed E-state index contributed by atoms with van der Waals surface area (Å²) >= 11 is 0. The maximum Gasteiger partial charge on any atom is 0.167 e. The normalized spacial score (nSPS) is 22.0. The van der Waals surface area contributed by atoms with Gasteiger partial charge in [0, 0.05) is 72.1 Å². The molecule has 0 radical (unpaired) electrons. The fraction of sp³-hybridized carbons (Fsp3) is 0.634. The van der Waals surface area contributed by atoms with Crippen LogP contribution in [0, 0.1) is 23.7 Å². The monoisotopic (exact) mass is 722 g/mol. The molecule has 2 aliphatic rings. The Bertz CT molecular complexity index is 1370. The van der Waals surface area contributed by atoms with E-state index in [2.05, 4.69) is 20.4 Å². The van der Waals surface area contributed by atoms with Gasteiger partial charge < -0.3 is 40.9 Å². The second kappa shape index (κ2) is 19.2. The van der Waals surface area contributed by atoms with E-state index in [-0.39, 0.29) is 65.0 Å². The molecule has 4 unspecified atom stereocenters. The summed E-state index contributed by atoms with van der Waals surface area (Å²) in [6.07, 6.45) is 4.34. The molecule has 6 N–H and O–H groups in total. The highest BCUT2D eigenvalue weighted by Gasteiger charge is 2.41. The number of aliphatic hydroxyl groups is 2. The number of hydrogen-bond donors (Lipinski definition) is 6. The van der Waals surface area contributed by atoms with Gasteiger partial charge in [-0.25, -0.2) is 0 Å². The van der Waals surface area contributed by atoms with Crippen molar-refractivity contribution in [2.24, 2.45) is 23.7 Å². The Balaban J connectivity index is 1.49. The highest BCUT2D eigenvalue weighted by Crippen LogP contribution is 2.33. The minimum Gasteiger partial charge on any atom is -0.508 e. The molecule has 4 atom stereocenters. The summed E-state index contributed by atoms with van der Waals surface area (Å²) in [6.45, 7) is 13.0. The molecule has 52 heavy (non-hydrogen) atoms. The van der Waals surface area contributed by atoms with Gasteiger partial charge in [0.15, 0.2) is 11.6 Å². The van der Waals surface area contributed by atoms with Crippen molar-refractivity contribution in [1.82, 2.24) is 20.4 Å². The third kappa shape index (κ3) is 12.5. The minimum atomic E-state index is -0.406. The molecule has 2 saturated heterocycles. The number of rotatable bonds is 20. The van der Waals surface area contributed by atoms with Gasteiger partial charge in [-0.05, 0) is 117 Å². The lowest BCUT2D eigenvalue weighted by Gasteiger charge is -2.41. The van der Waals surface area contributed by atoms with Crippen LogP contribution in [0.4, 0.5) is 0 Å². The molecule has 2 aromatic carbocycles. The first-order chi connectivity index (χ1) is 24.7. The summed E-state index contributed by atoms with van der Waals surface area (Å²) in [7, 11) is 0. The summed E-state index contributed by atoms with van der Waals surface area (Å²) < 4.78 is 0. The molecule has 2 heterocycles. The van der Waals surface area contributed by atoms with E-state index in [1.54, 1.807) is 24.3 Å². The van der Waals surface area contributed by atoms with Crippen molar-refractivity contribution in [3.05, 3.63) is 59.7 Å². The summed E-state index contributed by atoms with van der Waals surface area (Å²) in [5, 5.41) is 46.1. The molecular formula is C41H62N4O7. The van der Waals surface area contributed by atoms with Gasteiger partial charge in [-0.2, -0.15) is 0 Å². The first kappa shape index (κ1) is 41.6. The lowest BCUT2D eigenvalue weighted by Crippen LogP contribution is -2.51. The Morgan fingerprint density at radius 1 is 0.635 bits per heavy atom. The van der Waals surface area contributed by atoms with Crippen LogP contribution in [0.25, 0.3) is 0 Å². The van der Waals surface area contributed by atoms with Crippen LogP contribution in [-0.2, 0) is 4.79 Å². The number of unbranched alkanes of at least 4 members (excludes halogenated alkanes) is 2. The van der Waals surface area contributed by atoms with E-state index in [0.717, 1.165) is 51.9 Å². The number of ketones is 3. The van der Waals surface area contributed by atoms with E-state index in [1.165, 1.54) is 24.3 Å². The highest BCUT2D eigenvalue weighted by atomic mass is 16.3. The zero-order valence-electron chi connectivity index (χ0n) is 31.6. The maximum atomic E-state index is 14.6. The lowest BCUT2D eigenvalue weighted by molar-refractivity contribution is -0.131. The fourth-order valence-corrected chi connectivity index (χ4v) is 7.55. The van der Waals surface area contributed by atoms with Crippen molar-refractivity contribution in [3.63, 3.8) is 0 Å². The van der Waals surface area contributed by atoms with E-state index in [9.17, 15) is 34.8 Å². The molecule has 0 aliphatic carbocycles. The molecule has 2 aliphatic heterocycles. The van der Waals surface area contributed by atoms with Gasteiger partial charge in [0.05, 0.1) is 13.2 Å². The van der Waals surface area contributed by atoms with Crippen molar-refractivity contribution in [3.8, 4) is 11.5 Å². The van der Waals surface area contributed by atoms with Crippen molar-refractivity contribution >= 4 is 17.3 Å². The SMILES string of the molecule is CC(C)(CO)NCCCCN1CC(C(=O)c2cccc(O)c2)CC(C(=O)C2CC(C(=O)c3cccc(O)c3)CN(CCCCNC(C)(C)CO)C2)C1. The Morgan fingerprint density at radius 3 is 1.38 bits per heavy atom. The van der Waals surface area contributed by atoms with Gasteiger partial charge in [0.1, 0.15) is 17.3 Å². The molecule has 0 saturated carbocycles. The van der Waals surface area contributed by atoms with Gasteiger partial charge in [-0.15, -0.1) is 0 Å². The molecule has 2 fully saturated rings. The Hall–Kier alpha value is -3.19. The molecule has 0 spiro atoms.